The number of likely N-dealkylation sites (tertiary alicyclic amines) is 1. The summed E-state index contributed by atoms with van der Waals surface area (Å²) in [5, 5.41) is 0. The zero-order valence-corrected chi connectivity index (χ0v) is 11.4. The van der Waals surface area contributed by atoms with Crippen LogP contribution in [0.4, 0.5) is 13.6 Å². The van der Waals surface area contributed by atoms with E-state index in [2.05, 4.69) is 0 Å². The summed E-state index contributed by atoms with van der Waals surface area (Å²) in [5.41, 5.74) is 4.98. The molecular formula is C12H22F2N2O2. The number of hydrogen-bond donors (Lipinski definition) is 1. The highest BCUT2D eigenvalue weighted by atomic mass is 19.3. The molecule has 0 aromatic carbocycles. The van der Waals surface area contributed by atoms with Crippen LogP contribution in [0.1, 0.15) is 34.1 Å². The van der Waals surface area contributed by atoms with Crippen molar-refractivity contribution < 1.29 is 18.3 Å². The Balaban J connectivity index is 2.73. The molecule has 2 N–H and O–H groups in total. The molecule has 106 valence electrons. The molecule has 1 rings (SSSR count). The van der Waals surface area contributed by atoms with E-state index in [0.29, 0.717) is 0 Å². The third kappa shape index (κ3) is 4.40. The molecule has 1 amide bonds. The second-order valence-electron chi connectivity index (χ2n) is 6.04. The summed E-state index contributed by atoms with van der Waals surface area (Å²) >= 11 is 0. The van der Waals surface area contributed by atoms with Gasteiger partial charge in [0.1, 0.15) is 5.60 Å². The molecule has 0 aromatic heterocycles. The monoisotopic (exact) mass is 264 g/mol. The normalized spacial score (nSPS) is 25.7. The maximum atomic E-state index is 13.6. The summed E-state index contributed by atoms with van der Waals surface area (Å²) in [4.78, 5) is 12.9. The van der Waals surface area contributed by atoms with Gasteiger partial charge < -0.3 is 15.4 Å². The van der Waals surface area contributed by atoms with Gasteiger partial charge in [0.15, 0.2) is 0 Å². The van der Waals surface area contributed by atoms with E-state index in [1.54, 1.807) is 27.7 Å². The summed E-state index contributed by atoms with van der Waals surface area (Å²) < 4.78 is 32.2. The lowest BCUT2D eigenvalue weighted by Gasteiger charge is -2.39. The first-order valence-electron chi connectivity index (χ1n) is 6.11. The van der Waals surface area contributed by atoms with Gasteiger partial charge in [-0.05, 0) is 33.6 Å². The number of nitrogens with zero attached hydrogens (tertiary/aromatic N) is 1. The van der Waals surface area contributed by atoms with Crippen LogP contribution in [0, 0.1) is 5.92 Å². The van der Waals surface area contributed by atoms with Gasteiger partial charge in [-0.15, -0.1) is 0 Å². The lowest BCUT2D eigenvalue weighted by atomic mass is 9.90. The minimum absolute atomic E-state index is 0.224. The molecule has 0 spiro atoms. The maximum absolute atomic E-state index is 13.6. The fourth-order valence-corrected chi connectivity index (χ4v) is 1.96. The van der Waals surface area contributed by atoms with E-state index in [1.165, 1.54) is 0 Å². The van der Waals surface area contributed by atoms with E-state index in [9.17, 15) is 13.6 Å². The fourth-order valence-electron chi connectivity index (χ4n) is 1.96. The first kappa shape index (κ1) is 15.1. The lowest BCUT2D eigenvalue weighted by Crippen LogP contribution is -2.54. The minimum Gasteiger partial charge on any atom is -0.444 e. The Hall–Kier alpha value is -0.910. The predicted molar refractivity (Wildman–Crippen MR) is 64.5 cm³/mol. The van der Waals surface area contributed by atoms with Crippen molar-refractivity contribution in [1.82, 2.24) is 4.90 Å². The van der Waals surface area contributed by atoms with Crippen LogP contribution in [0.3, 0.4) is 0 Å². The van der Waals surface area contributed by atoms with Crippen molar-refractivity contribution in [3.05, 3.63) is 0 Å². The second-order valence-corrected chi connectivity index (χ2v) is 6.04. The number of carbonyl (C=O) groups is 1. The number of ether oxygens (including phenoxy) is 1. The smallest absolute Gasteiger partial charge is 0.410 e. The molecule has 2 atom stereocenters. The second kappa shape index (κ2) is 4.99. The number of carbonyl (C=O) groups excluding carboxylic acids is 1. The van der Waals surface area contributed by atoms with Crippen LogP contribution in [0.2, 0.25) is 0 Å². The van der Waals surface area contributed by atoms with Crippen molar-refractivity contribution in [1.29, 1.82) is 0 Å². The maximum Gasteiger partial charge on any atom is 0.410 e. The van der Waals surface area contributed by atoms with Gasteiger partial charge in [-0.1, -0.05) is 0 Å². The van der Waals surface area contributed by atoms with Gasteiger partial charge in [-0.2, -0.15) is 0 Å². The number of nitrogens with two attached hydrogens (primary N) is 1. The molecule has 1 saturated heterocycles. The molecule has 0 aliphatic carbocycles. The molecule has 1 fully saturated rings. The highest BCUT2D eigenvalue weighted by Crippen LogP contribution is 2.32. The first-order chi connectivity index (χ1) is 8.00. The van der Waals surface area contributed by atoms with Crippen molar-refractivity contribution >= 4 is 6.09 Å². The van der Waals surface area contributed by atoms with Crippen LogP contribution in [0.15, 0.2) is 0 Å². The van der Waals surface area contributed by atoms with E-state index >= 15 is 0 Å². The number of halogens is 2. The third-order valence-electron chi connectivity index (χ3n) is 2.83. The number of alkyl halides is 2. The molecule has 1 aliphatic rings. The average Bonchev–Trinajstić information content (AvgIpc) is 2.12. The lowest BCUT2D eigenvalue weighted by molar-refractivity contribution is -0.0891. The van der Waals surface area contributed by atoms with Crippen molar-refractivity contribution in [3.8, 4) is 0 Å². The van der Waals surface area contributed by atoms with Gasteiger partial charge in [0.2, 0.25) is 0 Å². The van der Waals surface area contributed by atoms with E-state index < -0.39 is 30.1 Å². The number of piperidine rings is 1. The molecule has 6 heteroatoms. The van der Waals surface area contributed by atoms with Crippen molar-refractivity contribution in [2.24, 2.45) is 11.7 Å². The number of rotatable bonds is 1. The Kier molecular flexibility index (Phi) is 4.20. The van der Waals surface area contributed by atoms with Gasteiger partial charge in [0.25, 0.3) is 5.92 Å². The molecule has 18 heavy (non-hydrogen) atoms. The Morgan fingerprint density at radius 2 is 2.06 bits per heavy atom. The van der Waals surface area contributed by atoms with Crippen LogP contribution in [-0.4, -0.2) is 41.6 Å². The Morgan fingerprint density at radius 3 is 2.50 bits per heavy atom. The average molecular weight is 264 g/mol. The number of hydrogen-bond acceptors (Lipinski definition) is 3. The molecule has 4 nitrogen and oxygen atoms in total. The SMILES string of the molecule is CC(N)C1CN(C(=O)OC(C)(C)C)CC(F)(F)C1. The largest absolute Gasteiger partial charge is 0.444 e. The van der Waals surface area contributed by atoms with E-state index in [-0.39, 0.29) is 19.0 Å². The summed E-state index contributed by atoms with van der Waals surface area (Å²) in [5.74, 6) is -3.30. The first-order valence-corrected chi connectivity index (χ1v) is 6.11. The van der Waals surface area contributed by atoms with Gasteiger partial charge >= 0.3 is 6.09 Å². The molecule has 0 saturated carbocycles. The highest BCUT2D eigenvalue weighted by molar-refractivity contribution is 5.68. The molecule has 2 unspecified atom stereocenters. The van der Waals surface area contributed by atoms with Gasteiger partial charge in [0, 0.05) is 19.0 Å². The molecule has 0 bridgehead atoms. The van der Waals surface area contributed by atoms with Crippen molar-refractivity contribution in [3.63, 3.8) is 0 Å². The number of amides is 1. The van der Waals surface area contributed by atoms with E-state index in [1.807, 2.05) is 0 Å². The summed E-state index contributed by atoms with van der Waals surface area (Å²) in [6.45, 7) is 6.43. The van der Waals surface area contributed by atoms with E-state index in [4.69, 9.17) is 10.5 Å². The molecule has 1 aliphatic heterocycles. The molecule has 0 aromatic rings. The zero-order valence-electron chi connectivity index (χ0n) is 11.4. The highest BCUT2D eigenvalue weighted by Gasteiger charge is 2.44. The molecular weight excluding hydrogens is 242 g/mol. The van der Waals surface area contributed by atoms with Crippen LogP contribution in [0.25, 0.3) is 0 Å². The topological polar surface area (TPSA) is 55.6 Å². The summed E-state index contributed by atoms with van der Waals surface area (Å²) in [6.07, 6.45) is -0.975. The van der Waals surface area contributed by atoms with Crippen LogP contribution < -0.4 is 5.73 Å². The molecule has 1 heterocycles. The van der Waals surface area contributed by atoms with E-state index in [0.717, 1.165) is 4.90 Å². The van der Waals surface area contributed by atoms with Gasteiger partial charge in [-0.25, -0.2) is 13.6 Å². The van der Waals surface area contributed by atoms with Crippen LogP contribution in [0.5, 0.6) is 0 Å². The summed E-state index contributed by atoms with van der Waals surface area (Å²) in [7, 11) is 0. The standard InChI is InChI=1S/C12H22F2N2O2/c1-8(15)9-5-12(13,14)7-16(6-9)10(17)18-11(2,3)4/h8-9H,5-7,15H2,1-4H3. The minimum atomic E-state index is -2.90. The Morgan fingerprint density at radius 1 is 1.50 bits per heavy atom. The molecule has 0 radical (unpaired) electrons. The zero-order chi connectivity index (χ0) is 14.1. The Bertz CT molecular complexity index is 314. The van der Waals surface area contributed by atoms with Gasteiger partial charge in [0.05, 0.1) is 6.54 Å². The van der Waals surface area contributed by atoms with Gasteiger partial charge in [-0.3, -0.25) is 0 Å². The fraction of sp³-hybridized carbons (Fsp3) is 0.917. The quantitative estimate of drug-likeness (QED) is 0.790. The third-order valence-corrected chi connectivity index (χ3v) is 2.83. The predicted octanol–water partition coefficient (Wildman–Crippen LogP) is 2.23. The van der Waals surface area contributed by atoms with Crippen molar-refractivity contribution in [2.75, 3.05) is 13.1 Å². The van der Waals surface area contributed by atoms with Crippen molar-refractivity contribution in [2.45, 2.75) is 51.7 Å². The van der Waals surface area contributed by atoms with Crippen LogP contribution in [-0.2, 0) is 4.74 Å². The van der Waals surface area contributed by atoms with Crippen LogP contribution >= 0.6 is 0 Å². The summed E-state index contributed by atoms with van der Waals surface area (Å²) in [6, 6.07) is -0.374. The Labute approximate surface area is 106 Å².